The Balaban J connectivity index is 1.68. The van der Waals surface area contributed by atoms with E-state index in [2.05, 4.69) is 15.6 Å². The van der Waals surface area contributed by atoms with Crippen LogP contribution >= 0.6 is 0 Å². The highest BCUT2D eigenvalue weighted by atomic mass is 16.3. The molecule has 5 nitrogen and oxygen atoms in total. The molecule has 2 fully saturated rings. The first-order valence-corrected chi connectivity index (χ1v) is 6.79. The Morgan fingerprint density at radius 3 is 2.95 bits per heavy atom. The van der Waals surface area contributed by atoms with Crippen LogP contribution in [0.25, 0.3) is 0 Å². The Morgan fingerprint density at radius 2 is 2.21 bits per heavy atom. The van der Waals surface area contributed by atoms with Crippen molar-refractivity contribution in [3.8, 4) is 5.75 Å². The number of aromatic nitrogens is 1. The van der Waals surface area contributed by atoms with Crippen molar-refractivity contribution in [2.45, 2.75) is 26.2 Å². The van der Waals surface area contributed by atoms with Gasteiger partial charge in [0.25, 0.3) is 0 Å². The molecule has 1 aliphatic heterocycles. The summed E-state index contributed by atoms with van der Waals surface area (Å²) in [5, 5.41) is 15.8. The molecule has 1 spiro atoms. The van der Waals surface area contributed by atoms with E-state index in [1.54, 1.807) is 12.1 Å². The second-order valence-corrected chi connectivity index (χ2v) is 5.68. The van der Waals surface area contributed by atoms with Crippen molar-refractivity contribution in [3.05, 3.63) is 17.8 Å². The van der Waals surface area contributed by atoms with Gasteiger partial charge in [-0.1, -0.05) is 0 Å². The van der Waals surface area contributed by atoms with E-state index in [-0.39, 0.29) is 28.8 Å². The highest BCUT2D eigenvalue weighted by molar-refractivity contribution is 5.95. The Morgan fingerprint density at radius 1 is 1.47 bits per heavy atom. The fraction of sp³-hybridized carbons (Fsp3) is 0.571. The van der Waals surface area contributed by atoms with Crippen molar-refractivity contribution in [3.63, 3.8) is 0 Å². The van der Waals surface area contributed by atoms with Crippen LogP contribution in [0.1, 0.15) is 25.0 Å². The van der Waals surface area contributed by atoms with Gasteiger partial charge in [0.15, 0.2) is 11.6 Å². The number of nitrogens with zero attached hydrogens (tertiary/aromatic N) is 1. The smallest absolute Gasteiger partial charge is 0.229 e. The molecule has 0 bridgehead atoms. The molecule has 5 heteroatoms. The number of rotatable bonds is 2. The summed E-state index contributed by atoms with van der Waals surface area (Å²) in [7, 11) is 0. The fourth-order valence-electron chi connectivity index (χ4n) is 3.04. The summed E-state index contributed by atoms with van der Waals surface area (Å²) in [5.74, 6) is 0.381. The standard InChI is InChI=1S/C14H19N3O2/c1-9-2-3-11(18)12(16-9)17-13(19)10-8-14(10)4-6-15-7-5-14/h2-3,10,15,18H,4-8H2,1H3,(H,16,17,19). The predicted molar refractivity (Wildman–Crippen MR) is 71.9 cm³/mol. The van der Waals surface area contributed by atoms with Gasteiger partial charge in [0.05, 0.1) is 0 Å². The molecule has 1 aromatic rings. The van der Waals surface area contributed by atoms with Crippen molar-refractivity contribution in [2.24, 2.45) is 11.3 Å². The van der Waals surface area contributed by atoms with Crippen LogP contribution in [0.5, 0.6) is 5.75 Å². The number of nitrogens with one attached hydrogen (secondary N) is 2. The molecule has 1 aromatic heterocycles. The first kappa shape index (κ1) is 12.4. The third kappa shape index (κ3) is 2.30. The SMILES string of the molecule is Cc1ccc(O)c(NC(=O)C2CC23CCNCC3)n1. The molecule has 0 aromatic carbocycles. The second kappa shape index (κ2) is 4.49. The van der Waals surface area contributed by atoms with Gasteiger partial charge in [0, 0.05) is 11.6 Å². The minimum Gasteiger partial charge on any atom is -0.504 e. The molecule has 2 heterocycles. The Labute approximate surface area is 112 Å². The van der Waals surface area contributed by atoms with E-state index in [0.717, 1.165) is 38.0 Å². The number of carbonyl (C=O) groups is 1. The van der Waals surface area contributed by atoms with Crippen molar-refractivity contribution in [2.75, 3.05) is 18.4 Å². The predicted octanol–water partition coefficient (Wildman–Crippen LogP) is 1.42. The van der Waals surface area contributed by atoms with Gasteiger partial charge in [-0.25, -0.2) is 4.98 Å². The molecule has 1 unspecified atom stereocenters. The van der Waals surface area contributed by atoms with Gasteiger partial charge in [-0.15, -0.1) is 0 Å². The lowest BCUT2D eigenvalue weighted by molar-refractivity contribution is -0.118. The van der Waals surface area contributed by atoms with Crippen LogP contribution in [0.15, 0.2) is 12.1 Å². The second-order valence-electron chi connectivity index (χ2n) is 5.68. The van der Waals surface area contributed by atoms with Gasteiger partial charge in [0.1, 0.15) is 0 Å². The number of carbonyl (C=O) groups excluding carboxylic acids is 1. The van der Waals surface area contributed by atoms with E-state index in [0.29, 0.717) is 0 Å². The third-order valence-corrected chi connectivity index (χ3v) is 4.36. The summed E-state index contributed by atoms with van der Waals surface area (Å²) in [4.78, 5) is 16.4. The van der Waals surface area contributed by atoms with E-state index in [9.17, 15) is 9.90 Å². The molecule has 102 valence electrons. The van der Waals surface area contributed by atoms with E-state index < -0.39 is 0 Å². The molecule has 1 saturated heterocycles. The van der Waals surface area contributed by atoms with Crippen molar-refractivity contribution >= 4 is 11.7 Å². The molecule has 3 rings (SSSR count). The van der Waals surface area contributed by atoms with E-state index in [1.165, 1.54) is 0 Å². The summed E-state index contributed by atoms with van der Waals surface area (Å²) in [6, 6.07) is 3.28. The lowest BCUT2D eigenvalue weighted by atomic mass is 9.92. The molecule has 1 saturated carbocycles. The van der Waals surface area contributed by atoms with Crippen molar-refractivity contribution < 1.29 is 9.90 Å². The lowest BCUT2D eigenvalue weighted by Crippen LogP contribution is -2.31. The molecule has 1 amide bonds. The van der Waals surface area contributed by atoms with Crippen LogP contribution in [0, 0.1) is 18.3 Å². The number of hydrogen-bond acceptors (Lipinski definition) is 4. The summed E-state index contributed by atoms with van der Waals surface area (Å²) < 4.78 is 0. The van der Waals surface area contributed by atoms with Gasteiger partial charge in [-0.05, 0) is 56.8 Å². The highest BCUT2D eigenvalue weighted by Gasteiger charge is 2.57. The normalized spacial score (nSPS) is 24.2. The Bertz CT molecular complexity index is 509. The van der Waals surface area contributed by atoms with Gasteiger partial charge in [-0.3, -0.25) is 4.79 Å². The molecule has 0 radical (unpaired) electrons. The van der Waals surface area contributed by atoms with Crippen LogP contribution in [-0.2, 0) is 4.79 Å². The zero-order valence-corrected chi connectivity index (χ0v) is 11.1. The van der Waals surface area contributed by atoms with E-state index in [4.69, 9.17) is 0 Å². The summed E-state index contributed by atoms with van der Waals surface area (Å²) >= 11 is 0. The maximum atomic E-state index is 12.2. The Hall–Kier alpha value is -1.62. The monoisotopic (exact) mass is 261 g/mol. The average Bonchev–Trinajstić information content (AvgIpc) is 3.08. The molecule has 2 aliphatic rings. The lowest BCUT2D eigenvalue weighted by Gasteiger charge is -2.23. The molecular weight excluding hydrogens is 242 g/mol. The van der Waals surface area contributed by atoms with Crippen molar-refractivity contribution in [1.29, 1.82) is 0 Å². The van der Waals surface area contributed by atoms with Crippen LogP contribution in [0.4, 0.5) is 5.82 Å². The van der Waals surface area contributed by atoms with E-state index in [1.807, 2.05) is 6.92 Å². The van der Waals surface area contributed by atoms with Gasteiger partial charge in [0.2, 0.25) is 5.91 Å². The number of pyridine rings is 1. The van der Waals surface area contributed by atoms with Gasteiger partial charge >= 0.3 is 0 Å². The van der Waals surface area contributed by atoms with Gasteiger partial charge in [-0.2, -0.15) is 0 Å². The minimum absolute atomic E-state index is 0.00435. The summed E-state index contributed by atoms with van der Waals surface area (Å²) in [5.41, 5.74) is 0.981. The topological polar surface area (TPSA) is 74.2 Å². The zero-order valence-electron chi connectivity index (χ0n) is 11.1. The van der Waals surface area contributed by atoms with Crippen LogP contribution < -0.4 is 10.6 Å². The average molecular weight is 261 g/mol. The number of piperidine rings is 1. The number of aryl methyl sites for hydroxylation is 1. The first-order chi connectivity index (χ1) is 9.11. The molecular formula is C14H19N3O2. The number of aromatic hydroxyl groups is 1. The summed E-state index contributed by atoms with van der Waals surface area (Å²) in [6.07, 6.45) is 3.10. The molecule has 1 atom stereocenters. The van der Waals surface area contributed by atoms with E-state index >= 15 is 0 Å². The minimum atomic E-state index is -0.00435. The maximum Gasteiger partial charge on any atom is 0.229 e. The molecule has 3 N–H and O–H groups in total. The highest BCUT2D eigenvalue weighted by Crippen LogP contribution is 2.58. The van der Waals surface area contributed by atoms with Crippen LogP contribution in [0.3, 0.4) is 0 Å². The molecule has 19 heavy (non-hydrogen) atoms. The van der Waals surface area contributed by atoms with Gasteiger partial charge < -0.3 is 15.7 Å². The number of hydrogen-bond donors (Lipinski definition) is 3. The maximum absolute atomic E-state index is 12.2. The van der Waals surface area contributed by atoms with Crippen LogP contribution in [0.2, 0.25) is 0 Å². The Kier molecular flexibility index (Phi) is 2.93. The molecule has 1 aliphatic carbocycles. The zero-order chi connectivity index (χ0) is 13.5. The van der Waals surface area contributed by atoms with Crippen molar-refractivity contribution in [1.82, 2.24) is 10.3 Å². The largest absolute Gasteiger partial charge is 0.504 e. The quantitative estimate of drug-likeness (QED) is 0.753. The summed E-state index contributed by atoms with van der Waals surface area (Å²) in [6.45, 7) is 3.83. The first-order valence-electron chi connectivity index (χ1n) is 6.79. The fourth-order valence-corrected chi connectivity index (χ4v) is 3.04. The third-order valence-electron chi connectivity index (χ3n) is 4.36. The number of anilines is 1. The number of amides is 1. The van der Waals surface area contributed by atoms with Crippen LogP contribution in [-0.4, -0.2) is 29.1 Å².